The lowest BCUT2D eigenvalue weighted by Crippen LogP contribution is -2.42. The lowest BCUT2D eigenvalue weighted by atomic mass is 9.76. The monoisotopic (exact) mass is 309 g/mol. The van der Waals surface area contributed by atoms with Crippen LogP contribution in [0.3, 0.4) is 0 Å². The van der Waals surface area contributed by atoms with E-state index < -0.39 is 0 Å². The Morgan fingerprint density at radius 2 is 2.24 bits per heavy atom. The SMILES string of the molecule is CCNCC1(Cc2cc(Cl)cc3c2OCC3)CCCOC1. The number of hydrogen-bond donors (Lipinski definition) is 1. The molecule has 0 saturated carbocycles. The van der Waals surface area contributed by atoms with E-state index in [1.165, 1.54) is 17.5 Å². The molecule has 3 rings (SSSR count). The molecule has 0 aliphatic carbocycles. The number of benzene rings is 1. The molecule has 1 N–H and O–H groups in total. The summed E-state index contributed by atoms with van der Waals surface area (Å²) >= 11 is 6.29. The maximum Gasteiger partial charge on any atom is 0.125 e. The van der Waals surface area contributed by atoms with E-state index in [2.05, 4.69) is 18.3 Å². The number of halogens is 1. The zero-order chi connectivity index (χ0) is 14.7. The second-order valence-corrected chi connectivity index (χ2v) is 6.70. The number of ether oxygens (including phenoxy) is 2. The maximum absolute atomic E-state index is 6.29. The molecular formula is C17H24ClNO2. The minimum absolute atomic E-state index is 0.165. The van der Waals surface area contributed by atoms with Gasteiger partial charge in [-0.25, -0.2) is 0 Å². The number of rotatable bonds is 5. The molecule has 1 unspecified atom stereocenters. The van der Waals surface area contributed by atoms with Gasteiger partial charge >= 0.3 is 0 Å². The molecule has 1 fully saturated rings. The standard InChI is InChI=1S/C17H24ClNO2/c1-2-19-11-17(5-3-6-20-12-17)10-14-9-15(18)8-13-4-7-21-16(13)14/h8-9,19H,2-7,10-12H2,1H3. The average molecular weight is 310 g/mol. The van der Waals surface area contributed by atoms with Crippen LogP contribution in [0.5, 0.6) is 5.75 Å². The lowest BCUT2D eigenvalue weighted by Gasteiger charge is -2.37. The number of hydrogen-bond acceptors (Lipinski definition) is 3. The summed E-state index contributed by atoms with van der Waals surface area (Å²) in [6, 6.07) is 4.12. The zero-order valence-corrected chi connectivity index (χ0v) is 13.5. The van der Waals surface area contributed by atoms with Gasteiger partial charge in [0.15, 0.2) is 0 Å². The Kier molecular flexibility index (Phi) is 4.72. The summed E-state index contributed by atoms with van der Waals surface area (Å²) in [7, 11) is 0. The van der Waals surface area contributed by atoms with Crippen molar-refractivity contribution in [2.75, 3.05) is 32.9 Å². The van der Waals surface area contributed by atoms with E-state index in [1.54, 1.807) is 0 Å². The third-order valence-corrected chi connectivity index (χ3v) is 4.76. The van der Waals surface area contributed by atoms with Gasteiger partial charge < -0.3 is 14.8 Å². The highest BCUT2D eigenvalue weighted by Crippen LogP contribution is 2.39. The minimum atomic E-state index is 0.165. The van der Waals surface area contributed by atoms with Crippen LogP contribution in [0, 0.1) is 5.41 Å². The Balaban J connectivity index is 1.85. The summed E-state index contributed by atoms with van der Waals surface area (Å²) in [5, 5.41) is 4.33. The van der Waals surface area contributed by atoms with E-state index in [4.69, 9.17) is 21.1 Å². The van der Waals surface area contributed by atoms with Crippen LogP contribution in [0.25, 0.3) is 0 Å². The van der Waals surface area contributed by atoms with Gasteiger partial charge in [0, 0.05) is 30.0 Å². The van der Waals surface area contributed by atoms with Crippen molar-refractivity contribution in [2.24, 2.45) is 5.41 Å². The van der Waals surface area contributed by atoms with Gasteiger partial charge in [0.2, 0.25) is 0 Å². The highest BCUT2D eigenvalue weighted by molar-refractivity contribution is 6.30. The molecular weight excluding hydrogens is 286 g/mol. The van der Waals surface area contributed by atoms with Crippen LogP contribution >= 0.6 is 11.6 Å². The molecule has 1 aromatic carbocycles. The normalized spacial score (nSPS) is 24.7. The van der Waals surface area contributed by atoms with Crippen molar-refractivity contribution in [1.82, 2.24) is 5.32 Å². The molecule has 0 amide bonds. The third kappa shape index (κ3) is 3.36. The van der Waals surface area contributed by atoms with E-state index in [-0.39, 0.29) is 5.41 Å². The fourth-order valence-electron chi connectivity index (χ4n) is 3.52. The first-order chi connectivity index (χ1) is 10.2. The smallest absolute Gasteiger partial charge is 0.125 e. The molecule has 0 aromatic heterocycles. The molecule has 0 spiro atoms. The Morgan fingerprint density at radius 1 is 1.33 bits per heavy atom. The summed E-state index contributed by atoms with van der Waals surface area (Å²) in [5.41, 5.74) is 2.67. The highest BCUT2D eigenvalue weighted by Gasteiger charge is 2.34. The minimum Gasteiger partial charge on any atom is -0.493 e. The van der Waals surface area contributed by atoms with Crippen molar-refractivity contribution in [2.45, 2.75) is 32.6 Å². The zero-order valence-electron chi connectivity index (χ0n) is 12.7. The summed E-state index contributed by atoms with van der Waals surface area (Å²) in [6.45, 7) is 6.62. The van der Waals surface area contributed by atoms with Gasteiger partial charge in [-0.15, -0.1) is 0 Å². The molecule has 4 heteroatoms. The first-order valence-corrected chi connectivity index (χ1v) is 8.33. The van der Waals surface area contributed by atoms with Crippen molar-refractivity contribution >= 4 is 11.6 Å². The van der Waals surface area contributed by atoms with E-state index >= 15 is 0 Å². The predicted molar refractivity (Wildman–Crippen MR) is 85.4 cm³/mol. The summed E-state index contributed by atoms with van der Waals surface area (Å²) in [6.07, 6.45) is 4.28. The van der Waals surface area contributed by atoms with Crippen LogP contribution < -0.4 is 10.1 Å². The largest absolute Gasteiger partial charge is 0.493 e. The van der Waals surface area contributed by atoms with Gasteiger partial charge in [-0.05, 0) is 49.1 Å². The molecule has 21 heavy (non-hydrogen) atoms. The fourth-order valence-corrected chi connectivity index (χ4v) is 3.79. The van der Waals surface area contributed by atoms with Gasteiger partial charge in [0.1, 0.15) is 5.75 Å². The van der Waals surface area contributed by atoms with E-state index in [1.807, 2.05) is 6.07 Å². The molecule has 1 saturated heterocycles. The molecule has 2 aliphatic rings. The van der Waals surface area contributed by atoms with E-state index in [0.717, 1.165) is 62.9 Å². The first kappa shape index (κ1) is 15.1. The molecule has 116 valence electrons. The molecule has 1 aromatic rings. The second-order valence-electron chi connectivity index (χ2n) is 6.26. The number of nitrogens with one attached hydrogen (secondary N) is 1. The Morgan fingerprint density at radius 3 is 3.00 bits per heavy atom. The molecule has 1 atom stereocenters. The van der Waals surface area contributed by atoms with Crippen LogP contribution in [0.1, 0.15) is 30.9 Å². The van der Waals surface area contributed by atoms with E-state index in [9.17, 15) is 0 Å². The third-order valence-electron chi connectivity index (χ3n) is 4.54. The van der Waals surface area contributed by atoms with Crippen molar-refractivity contribution < 1.29 is 9.47 Å². The highest BCUT2D eigenvalue weighted by atomic mass is 35.5. The van der Waals surface area contributed by atoms with Crippen LogP contribution in [0.2, 0.25) is 5.02 Å². The summed E-state index contributed by atoms with van der Waals surface area (Å²) < 4.78 is 11.6. The van der Waals surface area contributed by atoms with Gasteiger partial charge in [-0.3, -0.25) is 0 Å². The molecule has 0 bridgehead atoms. The summed E-state index contributed by atoms with van der Waals surface area (Å²) in [4.78, 5) is 0. The van der Waals surface area contributed by atoms with Crippen molar-refractivity contribution in [3.8, 4) is 5.75 Å². The van der Waals surface area contributed by atoms with Gasteiger partial charge in [0.05, 0.1) is 13.2 Å². The van der Waals surface area contributed by atoms with Crippen LogP contribution in [0.4, 0.5) is 0 Å². The topological polar surface area (TPSA) is 30.5 Å². The van der Waals surface area contributed by atoms with Gasteiger partial charge in [0.25, 0.3) is 0 Å². The Labute approximate surface area is 132 Å². The second kappa shape index (κ2) is 6.55. The quantitative estimate of drug-likeness (QED) is 0.906. The molecule has 0 radical (unpaired) electrons. The van der Waals surface area contributed by atoms with Crippen molar-refractivity contribution in [3.63, 3.8) is 0 Å². The Bertz CT molecular complexity index is 498. The van der Waals surface area contributed by atoms with Crippen LogP contribution in [-0.4, -0.2) is 32.9 Å². The molecule has 2 aliphatic heterocycles. The van der Waals surface area contributed by atoms with Gasteiger partial charge in [-0.1, -0.05) is 18.5 Å². The van der Waals surface area contributed by atoms with Crippen molar-refractivity contribution in [1.29, 1.82) is 0 Å². The lowest BCUT2D eigenvalue weighted by molar-refractivity contribution is -0.00714. The summed E-state index contributed by atoms with van der Waals surface area (Å²) in [5.74, 6) is 1.07. The van der Waals surface area contributed by atoms with Gasteiger partial charge in [-0.2, -0.15) is 0 Å². The maximum atomic E-state index is 6.29. The van der Waals surface area contributed by atoms with Crippen LogP contribution in [0.15, 0.2) is 12.1 Å². The van der Waals surface area contributed by atoms with Crippen molar-refractivity contribution in [3.05, 3.63) is 28.3 Å². The number of fused-ring (bicyclic) bond motifs is 1. The molecule has 3 nitrogen and oxygen atoms in total. The average Bonchev–Trinajstić information content (AvgIpc) is 2.94. The predicted octanol–water partition coefficient (Wildman–Crippen LogP) is 3.22. The fraction of sp³-hybridized carbons (Fsp3) is 0.647. The van der Waals surface area contributed by atoms with E-state index in [0.29, 0.717) is 0 Å². The molecule has 2 heterocycles. The first-order valence-electron chi connectivity index (χ1n) is 7.95. The Hall–Kier alpha value is -0.770. The van der Waals surface area contributed by atoms with Crippen LogP contribution in [-0.2, 0) is 17.6 Å².